The summed E-state index contributed by atoms with van der Waals surface area (Å²) in [5, 5.41) is 0. The van der Waals surface area contributed by atoms with Crippen molar-refractivity contribution < 1.29 is 19.0 Å². The van der Waals surface area contributed by atoms with E-state index in [0.717, 1.165) is 17.7 Å². The van der Waals surface area contributed by atoms with Crippen LogP contribution in [-0.4, -0.2) is 25.6 Å². The van der Waals surface area contributed by atoms with Crippen molar-refractivity contribution in [1.29, 1.82) is 0 Å². The topological polar surface area (TPSA) is 57.1 Å². The molecule has 1 heterocycles. The predicted molar refractivity (Wildman–Crippen MR) is 95.8 cm³/mol. The Bertz CT molecular complexity index is 822. The van der Waals surface area contributed by atoms with Gasteiger partial charge in [-0.15, -0.1) is 0 Å². The number of cyclic esters (lactones) is 1. The molecule has 2 aromatic carbocycles. The predicted octanol–water partition coefficient (Wildman–Crippen LogP) is 3.83. The van der Waals surface area contributed by atoms with Gasteiger partial charge in [0.1, 0.15) is 11.5 Å². The maximum Gasteiger partial charge on any atom is 0.363 e. The molecule has 0 bridgehead atoms. The molecule has 0 N–H and O–H groups in total. The summed E-state index contributed by atoms with van der Waals surface area (Å²) in [7, 11) is 1.56. The van der Waals surface area contributed by atoms with Crippen LogP contribution in [0.4, 0.5) is 0 Å². The summed E-state index contributed by atoms with van der Waals surface area (Å²) < 4.78 is 16.1. The quantitative estimate of drug-likeness (QED) is 0.594. The van der Waals surface area contributed by atoms with Crippen molar-refractivity contribution >= 4 is 17.9 Å². The first kappa shape index (κ1) is 16.8. The van der Waals surface area contributed by atoms with Gasteiger partial charge in [0, 0.05) is 0 Å². The van der Waals surface area contributed by atoms with Crippen LogP contribution in [0.3, 0.4) is 0 Å². The van der Waals surface area contributed by atoms with E-state index in [-0.39, 0.29) is 11.6 Å². The number of carbonyl (C=O) groups is 1. The summed E-state index contributed by atoms with van der Waals surface area (Å²) in [4.78, 5) is 16.4. The zero-order chi connectivity index (χ0) is 17.6. The van der Waals surface area contributed by atoms with Gasteiger partial charge in [0.25, 0.3) is 0 Å². The zero-order valence-electron chi connectivity index (χ0n) is 14.2. The van der Waals surface area contributed by atoms with Crippen LogP contribution >= 0.6 is 0 Å². The van der Waals surface area contributed by atoms with Crippen molar-refractivity contribution in [2.24, 2.45) is 4.99 Å². The van der Waals surface area contributed by atoms with Gasteiger partial charge in [0.2, 0.25) is 5.90 Å². The normalized spacial score (nSPS) is 15.0. The Balaban J connectivity index is 1.83. The fourth-order valence-electron chi connectivity index (χ4n) is 2.38. The second-order valence-electron chi connectivity index (χ2n) is 5.45. The first-order valence-corrected chi connectivity index (χ1v) is 8.10. The number of hydrogen-bond donors (Lipinski definition) is 0. The van der Waals surface area contributed by atoms with Crippen molar-refractivity contribution in [3.63, 3.8) is 0 Å². The highest BCUT2D eigenvalue weighted by Crippen LogP contribution is 2.25. The molecule has 5 heteroatoms. The molecule has 0 atom stereocenters. The van der Waals surface area contributed by atoms with Gasteiger partial charge < -0.3 is 14.2 Å². The molecule has 0 spiro atoms. The SMILES string of the molecule is CCCOc1ccc(C=C2N=C(c3ccccc3OC)OC2=O)cc1. The smallest absolute Gasteiger partial charge is 0.363 e. The van der Waals surface area contributed by atoms with E-state index < -0.39 is 5.97 Å². The minimum atomic E-state index is -0.479. The van der Waals surface area contributed by atoms with Gasteiger partial charge in [0.05, 0.1) is 19.3 Å². The van der Waals surface area contributed by atoms with E-state index in [1.165, 1.54) is 0 Å². The summed E-state index contributed by atoms with van der Waals surface area (Å²) in [6, 6.07) is 14.8. The Morgan fingerprint density at radius 2 is 1.88 bits per heavy atom. The number of nitrogens with zero attached hydrogens (tertiary/aromatic N) is 1. The molecule has 0 saturated carbocycles. The maximum absolute atomic E-state index is 12.1. The fourth-order valence-corrected chi connectivity index (χ4v) is 2.38. The second-order valence-corrected chi connectivity index (χ2v) is 5.45. The molecule has 128 valence electrons. The van der Waals surface area contributed by atoms with Gasteiger partial charge in [-0.3, -0.25) is 0 Å². The summed E-state index contributed by atoms with van der Waals surface area (Å²) in [6.45, 7) is 2.74. The van der Waals surface area contributed by atoms with Crippen LogP contribution in [0.15, 0.2) is 59.2 Å². The molecule has 1 aliphatic rings. The molecule has 0 saturated heterocycles. The van der Waals surface area contributed by atoms with Crippen molar-refractivity contribution in [2.45, 2.75) is 13.3 Å². The van der Waals surface area contributed by atoms with Crippen LogP contribution < -0.4 is 9.47 Å². The molecule has 0 aromatic heterocycles. The van der Waals surface area contributed by atoms with Gasteiger partial charge >= 0.3 is 5.97 Å². The average Bonchev–Trinajstić information content (AvgIpc) is 3.01. The molecule has 25 heavy (non-hydrogen) atoms. The Morgan fingerprint density at radius 3 is 2.60 bits per heavy atom. The molecular weight excluding hydrogens is 318 g/mol. The number of benzene rings is 2. The maximum atomic E-state index is 12.1. The molecule has 0 aliphatic carbocycles. The number of rotatable bonds is 6. The summed E-state index contributed by atoms with van der Waals surface area (Å²) in [5.41, 5.74) is 1.74. The molecule has 0 amide bonds. The molecular formula is C20H19NO4. The van der Waals surface area contributed by atoms with E-state index in [9.17, 15) is 4.79 Å². The Morgan fingerprint density at radius 1 is 1.12 bits per heavy atom. The number of aliphatic imine (C=N–C) groups is 1. The lowest BCUT2D eigenvalue weighted by Gasteiger charge is -2.05. The number of ether oxygens (including phenoxy) is 3. The van der Waals surface area contributed by atoms with Gasteiger partial charge in [-0.25, -0.2) is 9.79 Å². The minimum absolute atomic E-state index is 0.247. The molecule has 0 radical (unpaired) electrons. The van der Waals surface area contributed by atoms with Crippen LogP contribution in [0.2, 0.25) is 0 Å². The van der Waals surface area contributed by atoms with Crippen LogP contribution in [0.5, 0.6) is 11.5 Å². The van der Waals surface area contributed by atoms with Crippen molar-refractivity contribution in [3.05, 3.63) is 65.4 Å². The lowest BCUT2D eigenvalue weighted by Crippen LogP contribution is -2.06. The highest BCUT2D eigenvalue weighted by Gasteiger charge is 2.26. The number of para-hydroxylation sites is 1. The standard InChI is InChI=1S/C20H19NO4/c1-3-12-24-15-10-8-14(9-11-15)13-17-20(22)25-19(21-17)16-6-4-5-7-18(16)23-2/h4-11,13H,3,12H2,1-2H3. The van der Waals surface area contributed by atoms with Crippen LogP contribution in [0.25, 0.3) is 6.08 Å². The number of carbonyl (C=O) groups excluding carboxylic acids is 1. The third-order valence-electron chi connectivity index (χ3n) is 3.61. The Kier molecular flexibility index (Phi) is 5.14. The number of methoxy groups -OCH3 is 1. The van der Waals surface area contributed by atoms with E-state index in [4.69, 9.17) is 14.2 Å². The van der Waals surface area contributed by atoms with Crippen molar-refractivity contribution in [3.8, 4) is 11.5 Å². The van der Waals surface area contributed by atoms with E-state index in [2.05, 4.69) is 11.9 Å². The third kappa shape index (κ3) is 3.88. The molecule has 2 aromatic rings. The molecule has 0 fully saturated rings. The monoisotopic (exact) mass is 337 g/mol. The Labute approximate surface area is 146 Å². The van der Waals surface area contributed by atoms with Crippen molar-refractivity contribution in [2.75, 3.05) is 13.7 Å². The number of esters is 1. The third-order valence-corrected chi connectivity index (χ3v) is 3.61. The average molecular weight is 337 g/mol. The van der Waals surface area contributed by atoms with Gasteiger partial charge in [0.15, 0.2) is 5.70 Å². The largest absolute Gasteiger partial charge is 0.496 e. The first-order valence-electron chi connectivity index (χ1n) is 8.10. The van der Waals surface area contributed by atoms with Gasteiger partial charge in [-0.2, -0.15) is 0 Å². The van der Waals surface area contributed by atoms with E-state index >= 15 is 0 Å². The molecule has 5 nitrogen and oxygen atoms in total. The number of hydrogen-bond acceptors (Lipinski definition) is 5. The van der Waals surface area contributed by atoms with Crippen LogP contribution in [0, 0.1) is 0 Å². The minimum Gasteiger partial charge on any atom is -0.496 e. The first-order chi connectivity index (χ1) is 12.2. The van der Waals surface area contributed by atoms with Crippen LogP contribution in [0.1, 0.15) is 24.5 Å². The van der Waals surface area contributed by atoms with E-state index in [1.807, 2.05) is 36.4 Å². The fraction of sp³-hybridized carbons (Fsp3) is 0.200. The summed E-state index contributed by atoms with van der Waals surface area (Å²) >= 11 is 0. The Hall–Kier alpha value is -3.08. The van der Waals surface area contributed by atoms with E-state index in [1.54, 1.807) is 25.3 Å². The van der Waals surface area contributed by atoms with Crippen LogP contribution in [-0.2, 0) is 9.53 Å². The highest BCUT2D eigenvalue weighted by molar-refractivity contribution is 6.13. The van der Waals surface area contributed by atoms with Gasteiger partial charge in [-0.05, 0) is 42.3 Å². The second kappa shape index (κ2) is 7.66. The molecule has 1 aliphatic heterocycles. The van der Waals surface area contributed by atoms with Gasteiger partial charge in [-0.1, -0.05) is 31.2 Å². The lowest BCUT2D eigenvalue weighted by atomic mass is 10.2. The summed E-state index contributed by atoms with van der Waals surface area (Å²) in [5.74, 6) is 1.17. The van der Waals surface area contributed by atoms with Crippen molar-refractivity contribution in [1.82, 2.24) is 0 Å². The highest BCUT2D eigenvalue weighted by atomic mass is 16.6. The molecule has 3 rings (SSSR count). The zero-order valence-corrected chi connectivity index (χ0v) is 14.2. The summed E-state index contributed by atoms with van der Waals surface area (Å²) in [6.07, 6.45) is 2.65. The molecule has 0 unspecified atom stereocenters. The lowest BCUT2D eigenvalue weighted by molar-refractivity contribution is -0.129. The van der Waals surface area contributed by atoms with E-state index in [0.29, 0.717) is 17.9 Å².